The van der Waals surface area contributed by atoms with Gasteiger partial charge in [-0.25, -0.2) is 16.8 Å². The predicted octanol–water partition coefficient (Wildman–Crippen LogP) is 0.275. The number of sulfone groups is 1. The van der Waals surface area contributed by atoms with Gasteiger partial charge in [0.05, 0.1) is 16.4 Å². The molecule has 1 unspecified atom stereocenters. The molecule has 1 N–H and O–H groups in total. The van der Waals surface area contributed by atoms with Crippen LogP contribution in [0.4, 0.5) is 0 Å². The lowest BCUT2D eigenvalue weighted by molar-refractivity contribution is 0.393. The Morgan fingerprint density at radius 2 is 2.20 bits per heavy atom. The summed E-state index contributed by atoms with van der Waals surface area (Å²) in [6.45, 7) is 0.475. The Morgan fingerprint density at radius 1 is 1.50 bits per heavy atom. The number of hydrogen-bond donors (Lipinski definition) is 1. The van der Waals surface area contributed by atoms with Crippen molar-refractivity contribution >= 4 is 31.2 Å². The molecule has 2 heterocycles. The number of thiophene rings is 1. The average Bonchev–Trinajstić information content (AvgIpc) is 2.95. The number of nitrogens with zero attached hydrogens (tertiary/aromatic N) is 1. The van der Waals surface area contributed by atoms with Gasteiger partial charge in [0.2, 0.25) is 10.0 Å². The SMILES string of the molecule is CNCc1sccc1S(=O)(=O)N(C)C1CCS(=O)(=O)C1. The van der Waals surface area contributed by atoms with Crippen LogP contribution in [-0.2, 0) is 26.4 Å². The molecule has 0 spiro atoms. The van der Waals surface area contributed by atoms with E-state index in [1.54, 1.807) is 18.5 Å². The van der Waals surface area contributed by atoms with Crippen LogP contribution in [0.1, 0.15) is 11.3 Å². The lowest BCUT2D eigenvalue weighted by atomic mass is 10.3. The van der Waals surface area contributed by atoms with E-state index in [0.29, 0.717) is 13.0 Å². The molecule has 1 aliphatic rings. The zero-order valence-electron chi connectivity index (χ0n) is 11.4. The van der Waals surface area contributed by atoms with Crippen LogP contribution in [0.5, 0.6) is 0 Å². The highest BCUT2D eigenvalue weighted by atomic mass is 32.2. The maximum Gasteiger partial charge on any atom is 0.244 e. The van der Waals surface area contributed by atoms with Crippen LogP contribution in [0.3, 0.4) is 0 Å². The van der Waals surface area contributed by atoms with E-state index < -0.39 is 25.9 Å². The largest absolute Gasteiger partial charge is 0.315 e. The first kappa shape index (κ1) is 15.9. The second-order valence-corrected chi connectivity index (χ2v) is 10.0. The van der Waals surface area contributed by atoms with Gasteiger partial charge in [0.1, 0.15) is 0 Å². The van der Waals surface area contributed by atoms with Crippen LogP contribution in [0, 0.1) is 0 Å². The molecule has 9 heteroatoms. The maximum absolute atomic E-state index is 12.6. The van der Waals surface area contributed by atoms with E-state index in [0.717, 1.165) is 4.88 Å². The molecule has 1 aromatic rings. The molecule has 2 rings (SSSR count). The Bertz CT molecular complexity index is 678. The normalized spacial score (nSPS) is 22.4. The summed E-state index contributed by atoms with van der Waals surface area (Å²) in [6.07, 6.45) is 0.365. The molecular weight excluding hydrogens is 320 g/mol. The Morgan fingerprint density at radius 3 is 2.75 bits per heavy atom. The zero-order valence-corrected chi connectivity index (χ0v) is 13.8. The van der Waals surface area contributed by atoms with Crippen molar-refractivity contribution in [1.82, 2.24) is 9.62 Å². The van der Waals surface area contributed by atoms with Crippen molar-refractivity contribution in [2.24, 2.45) is 0 Å². The standard InChI is InChI=1S/C11H18N2O4S3/c1-12-7-10-11(3-5-18-10)20(16,17)13(2)9-4-6-19(14,15)8-9/h3,5,9,12H,4,6-8H2,1-2H3. The summed E-state index contributed by atoms with van der Waals surface area (Å²) in [5, 5.41) is 4.67. The fraction of sp³-hybridized carbons (Fsp3) is 0.636. The Balaban J connectivity index is 2.28. The summed E-state index contributed by atoms with van der Waals surface area (Å²) in [4.78, 5) is 1.00. The van der Waals surface area contributed by atoms with Crippen molar-refractivity contribution in [2.45, 2.75) is 23.9 Å². The van der Waals surface area contributed by atoms with Gasteiger partial charge in [0.25, 0.3) is 0 Å². The molecule has 0 saturated carbocycles. The molecule has 1 aromatic heterocycles. The van der Waals surface area contributed by atoms with Crippen molar-refractivity contribution in [3.8, 4) is 0 Å². The van der Waals surface area contributed by atoms with Gasteiger partial charge in [0, 0.05) is 24.5 Å². The number of hydrogen-bond acceptors (Lipinski definition) is 6. The summed E-state index contributed by atoms with van der Waals surface area (Å²) >= 11 is 1.37. The van der Waals surface area contributed by atoms with Gasteiger partial charge in [0.15, 0.2) is 9.84 Å². The van der Waals surface area contributed by atoms with Crippen LogP contribution in [-0.4, -0.2) is 52.8 Å². The molecule has 20 heavy (non-hydrogen) atoms. The summed E-state index contributed by atoms with van der Waals surface area (Å²) < 4.78 is 49.4. The minimum absolute atomic E-state index is 0.0601. The minimum atomic E-state index is -3.64. The van der Waals surface area contributed by atoms with E-state index in [4.69, 9.17) is 0 Å². The fourth-order valence-corrected chi connectivity index (χ4v) is 6.94. The van der Waals surface area contributed by atoms with Crippen molar-refractivity contribution < 1.29 is 16.8 Å². The molecule has 114 valence electrons. The highest BCUT2D eigenvalue weighted by Gasteiger charge is 2.37. The Labute approximate surface area is 123 Å². The van der Waals surface area contributed by atoms with Gasteiger partial charge in [-0.1, -0.05) is 0 Å². The highest BCUT2D eigenvalue weighted by molar-refractivity contribution is 7.92. The van der Waals surface area contributed by atoms with Gasteiger partial charge >= 0.3 is 0 Å². The predicted molar refractivity (Wildman–Crippen MR) is 79.1 cm³/mol. The minimum Gasteiger partial charge on any atom is -0.315 e. The van der Waals surface area contributed by atoms with Crippen molar-refractivity contribution in [1.29, 1.82) is 0 Å². The lowest BCUT2D eigenvalue weighted by Crippen LogP contribution is -2.38. The number of sulfonamides is 1. The van der Waals surface area contributed by atoms with Crippen LogP contribution in [0.25, 0.3) is 0 Å². The van der Waals surface area contributed by atoms with Crippen LogP contribution in [0.15, 0.2) is 16.3 Å². The molecular formula is C11H18N2O4S3. The average molecular weight is 338 g/mol. The molecule has 0 radical (unpaired) electrons. The highest BCUT2D eigenvalue weighted by Crippen LogP contribution is 2.28. The first-order valence-corrected chi connectivity index (χ1v) is 10.3. The third kappa shape index (κ3) is 3.06. The summed E-state index contributed by atoms with van der Waals surface area (Å²) in [7, 11) is -3.54. The fourth-order valence-electron chi connectivity index (χ4n) is 2.26. The third-order valence-electron chi connectivity index (χ3n) is 3.42. The smallest absolute Gasteiger partial charge is 0.244 e. The van der Waals surface area contributed by atoms with Gasteiger partial charge in [-0.2, -0.15) is 4.31 Å². The van der Waals surface area contributed by atoms with E-state index in [2.05, 4.69) is 5.32 Å². The molecule has 1 saturated heterocycles. The van der Waals surface area contributed by atoms with Crippen LogP contribution in [0.2, 0.25) is 0 Å². The van der Waals surface area contributed by atoms with E-state index in [1.165, 1.54) is 22.7 Å². The molecule has 0 bridgehead atoms. The number of nitrogens with one attached hydrogen (secondary N) is 1. The van der Waals surface area contributed by atoms with Crippen LogP contribution >= 0.6 is 11.3 Å². The lowest BCUT2D eigenvalue weighted by Gasteiger charge is -2.22. The van der Waals surface area contributed by atoms with E-state index >= 15 is 0 Å². The maximum atomic E-state index is 12.6. The second-order valence-electron chi connectivity index (χ2n) is 4.82. The van der Waals surface area contributed by atoms with E-state index in [1.807, 2.05) is 0 Å². The molecule has 1 fully saturated rings. The van der Waals surface area contributed by atoms with Gasteiger partial charge in [-0.15, -0.1) is 11.3 Å². The summed E-state index contributed by atoms with van der Waals surface area (Å²) in [5.74, 6) is -0.0290. The van der Waals surface area contributed by atoms with E-state index in [9.17, 15) is 16.8 Å². The zero-order chi connectivity index (χ0) is 15.0. The summed E-state index contributed by atoms with van der Waals surface area (Å²) in [6, 6.07) is 1.11. The molecule has 0 aromatic carbocycles. The van der Waals surface area contributed by atoms with Gasteiger partial charge in [-0.05, 0) is 24.9 Å². The monoisotopic (exact) mass is 338 g/mol. The van der Waals surface area contributed by atoms with Crippen molar-refractivity contribution in [3.05, 3.63) is 16.3 Å². The van der Waals surface area contributed by atoms with Gasteiger partial charge < -0.3 is 5.32 Å². The van der Waals surface area contributed by atoms with Crippen molar-refractivity contribution in [3.63, 3.8) is 0 Å². The molecule has 1 atom stereocenters. The third-order valence-corrected chi connectivity index (χ3v) is 8.22. The Hall–Kier alpha value is -0.480. The molecule has 6 nitrogen and oxygen atoms in total. The van der Waals surface area contributed by atoms with Crippen LogP contribution < -0.4 is 5.32 Å². The molecule has 1 aliphatic heterocycles. The topological polar surface area (TPSA) is 83.6 Å². The van der Waals surface area contributed by atoms with Crippen molar-refractivity contribution in [2.75, 3.05) is 25.6 Å². The first-order chi connectivity index (χ1) is 9.28. The Kier molecular flexibility index (Phi) is 4.55. The van der Waals surface area contributed by atoms with Gasteiger partial charge in [-0.3, -0.25) is 0 Å². The second kappa shape index (κ2) is 5.72. The molecule has 0 amide bonds. The molecule has 0 aliphatic carbocycles. The number of rotatable bonds is 5. The quantitative estimate of drug-likeness (QED) is 0.833. The summed E-state index contributed by atoms with van der Waals surface area (Å²) in [5.41, 5.74) is 0. The first-order valence-electron chi connectivity index (χ1n) is 6.17. The van der Waals surface area contributed by atoms with E-state index in [-0.39, 0.29) is 16.4 Å².